The zero-order valence-corrected chi connectivity index (χ0v) is 48.8. The molecule has 392 valence electrons. The van der Waals surface area contributed by atoms with E-state index in [2.05, 4.69) is 238 Å². The summed E-state index contributed by atoms with van der Waals surface area (Å²) in [4.78, 5) is 33.2. The number of hydrogen-bond acceptors (Lipinski definition) is 4. The molecule has 0 unspecified atom stereocenters. The molecule has 0 amide bonds. The molecule has 6 nitrogen and oxygen atoms in total. The summed E-state index contributed by atoms with van der Waals surface area (Å²) < 4.78 is 5.45. The third kappa shape index (κ3) is 10.6. The van der Waals surface area contributed by atoms with Gasteiger partial charge in [-0.15, -0.1) is 0 Å². The van der Waals surface area contributed by atoms with Crippen molar-refractivity contribution in [3.8, 4) is 44.5 Å². The summed E-state index contributed by atoms with van der Waals surface area (Å²) in [6.07, 6.45) is 8.63. The molecule has 2 aliphatic heterocycles. The number of rotatable bonds is 5. The van der Waals surface area contributed by atoms with Gasteiger partial charge in [-0.1, -0.05) is 197 Å². The number of benzene rings is 4. The Hall–Kier alpha value is -7.05. The van der Waals surface area contributed by atoms with Gasteiger partial charge < -0.3 is 14.7 Å². The van der Waals surface area contributed by atoms with E-state index in [-0.39, 0.29) is 32.5 Å². The smallest absolute Gasteiger partial charge is 0.338 e. The van der Waals surface area contributed by atoms with Gasteiger partial charge in [0.25, 0.3) is 0 Å². The molecule has 0 aliphatic carbocycles. The zero-order chi connectivity index (χ0) is 55.2. The monoisotopic (exact) mass is 1010 g/mol. The number of esters is 1. The molecule has 0 atom stereocenters. The standard InChI is InChI=1S/C70H80N4O2/c1-65(2,3)44-32-41(33-45(38-44)66(4,5)6)60-52-24-26-54(71-52)61(42-34-46(67(7,8)9)39-47(35-42)68(10,11)12)56-28-30-58(73-56)63(50-22-20-21-23-51(50)64(75)76-19)59-31-29-57(74-59)62(55-27-25-53(60)72-55)43-36-48(69(13,14)15)40-49(37-43)70(16,17)18/h20-40,71,74H,1-19H3. The number of nitrogens with one attached hydrogen (secondary N) is 2. The number of hydrogen-bond donors (Lipinski definition) is 2. The molecule has 7 aromatic rings. The minimum Gasteiger partial charge on any atom is -0.465 e. The van der Waals surface area contributed by atoms with Crippen LogP contribution in [0.15, 0.2) is 103 Å². The van der Waals surface area contributed by atoms with Crippen LogP contribution < -0.4 is 0 Å². The fraction of sp³-hybridized carbons (Fsp3) is 0.357. The molecule has 3 aromatic heterocycles. The number of carbonyl (C=O) groups excluding carboxylic acids is 1. The number of nitrogens with zero attached hydrogens (tertiary/aromatic N) is 2. The van der Waals surface area contributed by atoms with Crippen LogP contribution in [0.4, 0.5) is 0 Å². The van der Waals surface area contributed by atoms with E-state index in [1.165, 1.54) is 40.5 Å². The molecule has 0 spiro atoms. The van der Waals surface area contributed by atoms with E-state index in [0.29, 0.717) is 11.1 Å². The Morgan fingerprint density at radius 3 is 0.908 bits per heavy atom. The van der Waals surface area contributed by atoms with Crippen molar-refractivity contribution in [1.29, 1.82) is 0 Å². The first-order valence-electron chi connectivity index (χ1n) is 27.1. The molecule has 76 heavy (non-hydrogen) atoms. The third-order valence-electron chi connectivity index (χ3n) is 15.2. The third-order valence-corrected chi connectivity index (χ3v) is 15.2. The van der Waals surface area contributed by atoms with Gasteiger partial charge in [0.05, 0.1) is 35.4 Å². The van der Waals surface area contributed by atoms with E-state index < -0.39 is 5.97 Å². The number of H-pyrrole nitrogens is 2. The molecule has 0 saturated carbocycles. The van der Waals surface area contributed by atoms with E-state index in [1.54, 1.807) is 0 Å². The molecule has 2 N–H and O–H groups in total. The van der Waals surface area contributed by atoms with Crippen LogP contribution in [0.1, 0.15) is 191 Å². The van der Waals surface area contributed by atoms with Gasteiger partial charge in [0, 0.05) is 49.9 Å². The lowest BCUT2D eigenvalue weighted by Crippen LogP contribution is -2.16. The first kappa shape index (κ1) is 53.8. The van der Waals surface area contributed by atoms with Gasteiger partial charge in [-0.2, -0.15) is 0 Å². The molecule has 4 aromatic carbocycles. The molecule has 0 saturated heterocycles. The summed E-state index contributed by atoms with van der Waals surface area (Å²) in [6, 6.07) is 37.7. The van der Waals surface area contributed by atoms with Crippen molar-refractivity contribution in [2.45, 2.75) is 157 Å². The maximum absolute atomic E-state index is 13.8. The van der Waals surface area contributed by atoms with E-state index in [9.17, 15) is 4.79 Å². The van der Waals surface area contributed by atoms with Crippen molar-refractivity contribution in [3.63, 3.8) is 0 Å². The Morgan fingerprint density at radius 2 is 0.632 bits per heavy atom. The number of carbonyl (C=O) groups is 1. The van der Waals surface area contributed by atoms with Gasteiger partial charge >= 0.3 is 5.97 Å². The summed E-state index contributed by atoms with van der Waals surface area (Å²) in [7, 11) is 1.44. The average Bonchev–Trinajstić information content (AvgIpc) is 4.21. The summed E-state index contributed by atoms with van der Waals surface area (Å²) in [5.41, 5.74) is 21.8. The predicted molar refractivity (Wildman–Crippen MR) is 324 cm³/mol. The quantitative estimate of drug-likeness (QED) is 0.168. The Labute approximate surface area is 453 Å². The van der Waals surface area contributed by atoms with Crippen LogP contribution in [-0.4, -0.2) is 33.0 Å². The van der Waals surface area contributed by atoms with Crippen LogP contribution in [0, 0.1) is 0 Å². The minimum absolute atomic E-state index is 0.117. The Bertz CT molecular complexity index is 3530. The summed E-state index contributed by atoms with van der Waals surface area (Å²) in [5.74, 6) is -0.419. The lowest BCUT2D eigenvalue weighted by atomic mass is 9.78. The number of aromatic nitrogens is 4. The highest BCUT2D eigenvalue weighted by atomic mass is 16.5. The summed E-state index contributed by atoms with van der Waals surface area (Å²) in [5, 5.41) is 0. The largest absolute Gasteiger partial charge is 0.465 e. The van der Waals surface area contributed by atoms with Crippen molar-refractivity contribution >= 4 is 52.3 Å². The molecule has 8 bridgehead atoms. The first-order chi connectivity index (χ1) is 35.3. The van der Waals surface area contributed by atoms with Crippen LogP contribution in [0.3, 0.4) is 0 Å². The second-order valence-corrected chi connectivity index (χ2v) is 27.4. The van der Waals surface area contributed by atoms with Gasteiger partial charge in [0.15, 0.2) is 0 Å². The van der Waals surface area contributed by atoms with Crippen LogP contribution >= 0.6 is 0 Å². The highest BCUT2D eigenvalue weighted by molar-refractivity contribution is 6.04. The number of fused-ring (bicyclic) bond motifs is 8. The minimum atomic E-state index is -0.419. The molecule has 9 rings (SSSR count). The van der Waals surface area contributed by atoms with E-state index in [1.807, 2.05) is 24.3 Å². The van der Waals surface area contributed by atoms with Crippen molar-refractivity contribution in [3.05, 3.63) is 165 Å². The molecular weight excluding hydrogens is 929 g/mol. The fourth-order valence-corrected chi connectivity index (χ4v) is 10.3. The van der Waals surface area contributed by atoms with E-state index in [4.69, 9.17) is 14.7 Å². The van der Waals surface area contributed by atoms with Gasteiger partial charge in [-0.3, -0.25) is 0 Å². The lowest BCUT2D eigenvalue weighted by Gasteiger charge is -2.26. The maximum atomic E-state index is 13.8. The second-order valence-electron chi connectivity index (χ2n) is 27.4. The second kappa shape index (κ2) is 18.9. The predicted octanol–water partition coefficient (Wildman–Crippen LogP) is 18.9. The van der Waals surface area contributed by atoms with Crippen LogP contribution in [0.25, 0.3) is 90.9 Å². The average molecular weight is 1010 g/mol. The van der Waals surface area contributed by atoms with Crippen molar-refractivity contribution in [1.82, 2.24) is 19.9 Å². The Balaban J connectivity index is 1.55. The molecule has 2 aliphatic rings. The van der Waals surface area contributed by atoms with Gasteiger partial charge in [0.2, 0.25) is 0 Å². The SMILES string of the molecule is COC(=O)c1ccccc1-c1c2nc(c(-c3cc(C(C)(C)C)cc(C(C)(C)C)c3)c3ccc([nH]3)c(-c3cc(C(C)(C)C)cc(C(C)(C)C)c3)c3nc(c(-c4cc(C(C)(C)C)cc(C(C)(C)C)c4)c4ccc1[nH]4)C=C3)C=C2. The van der Waals surface area contributed by atoms with Crippen LogP contribution in [0.2, 0.25) is 0 Å². The lowest BCUT2D eigenvalue weighted by molar-refractivity contribution is 0.0601. The number of aromatic amines is 2. The van der Waals surface area contributed by atoms with Gasteiger partial charge in [-0.25, -0.2) is 14.8 Å². The fourth-order valence-electron chi connectivity index (χ4n) is 10.3. The number of methoxy groups -OCH3 is 1. The van der Waals surface area contributed by atoms with E-state index >= 15 is 0 Å². The van der Waals surface area contributed by atoms with Crippen molar-refractivity contribution in [2.75, 3.05) is 7.11 Å². The molecular formula is C70H80N4O2. The van der Waals surface area contributed by atoms with E-state index in [0.717, 1.165) is 83.8 Å². The van der Waals surface area contributed by atoms with Gasteiger partial charge in [0.1, 0.15) is 0 Å². The topological polar surface area (TPSA) is 83.7 Å². The first-order valence-corrected chi connectivity index (χ1v) is 27.1. The Morgan fingerprint density at radius 1 is 0.368 bits per heavy atom. The van der Waals surface area contributed by atoms with Crippen LogP contribution in [-0.2, 0) is 37.2 Å². The highest BCUT2D eigenvalue weighted by Crippen LogP contribution is 2.44. The maximum Gasteiger partial charge on any atom is 0.338 e. The Kier molecular flexibility index (Phi) is 13.4. The summed E-state index contributed by atoms with van der Waals surface area (Å²) in [6.45, 7) is 41.2. The van der Waals surface area contributed by atoms with Crippen LogP contribution in [0.5, 0.6) is 0 Å². The van der Waals surface area contributed by atoms with Crippen molar-refractivity contribution in [2.24, 2.45) is 0 Å². The van der Waals surface area contributed by atoms with Gasteiger partial charge in [-0.05, 0) is 137 Å². The normalized spacial score (nSPS) is 13.4. The van der Waals surface area contributed by atoms with Crippen molar-refractivity contribution < 1.29 is 9.53 Å². The molecule has 6 heteroatoms. The highest BCUT2D eigenvalue weighted by Gasteiger charge is 2.28. The molecule has 0 radical (unpaired) electrons. The molecule has 0 fully saturated rings. The summed E-state index contributed by atoms with van der Waals surface area (Å²) >= 11 is 0. The molecule has 5 heterocycles. The zero-order valence-electron chi connectivity index (χ0n) is 48.8. The number of ether oxygens (including phenoxy) is 1.